The lowest BCUT2D eigenvalue weighted by atomic mass is 10.2. The molecule has 0 atom stereocenters. The van der Waals surface area contributed by atoms with Crippen molar-refractivity contribution in [3.8, 4) is 11.8 Å². The first-order valence-electron chi connectivity index (χ1n) is 6.82. The second kappa shape index (κ2) is 6.19. The molecular formula is C17H19N3O. The summed E-state index contributed by atoms with van der Waals surface area (Å²) in [4.78, 5) is 1.98. The van der Waals surface area contributed by atoms with E-state index in [1.165, 1.54) is 0 Å². The average molecular weight is 281 g/mol. The first-order chi connectivity index (χ1) is 10.0. The molecule has 0 bridgehead atoms. The van der Waals surface area contributed by atoms with E-state index in [0.717, 1.165) is 11.4 Å². The number of nitrogens with two attached hydrogens (primary N) is 1. The van der Waals surface area contributed by atoms with Crippen molar-refractivity contribution in [1.29, 1.82) is 5.26 Å². The molecule has 0 fully saturated rings. The van der Waals surface area contributed by atoms with Crippen LogP contribution in [0.3, 0.4) is 0 Å². The Balaban J connectivity index is 2.34. The Hall–Kier alpha value is -2.67. The molecule has 108 valence electrons. The highest BCUT2D eigenvalue weighted by atomic mass is 16.5. The van der Waals surface area contributed by atoms with Gasteiger partial charge in [0.2, 0.25) is 0 Å². The number of ether oxygens (including phenoxy) is 1. The van der Waals surface area contributed by atoms with Crippen LogP contribution in [0.2, 0.25) is 0 Å². The smallest absolute Gasteiger partial charge is 0.144 e. The van der Waals surface area contributed by atoms with Crippen LogP contribution in [0.25, 0.3) is 0 Å². The van der Waals surface area contributed by atoms with Gasteiger partial charge in [-0.25, -0.2) is 0 Å². The van der Waals surface area contributed by atoms with E-state index in [0.29, 0.717) is 17.0 Å². The summed E-state index contributed by atoms with van der Waals surface area (Å²) >= 11 is 0. The van der Waals surface area contributed by atoms with Gasteiger partial charge in [0.15, 0.2) is 0 Å². The van der Waals surface area contributed by atoms with Crippen molar-refractivity contribution in [2.45, 2.75) is 20.0 Å². The highest BCUT2D eigenvalue weighted by Crippen LogP contribution is 2.35. The van der Waals surface area contributed by atoms with E-state index in [9.17, 15) is 0 Å². The van der Waals surface area contributed by atoms with Crippen LogP contribution in [0.15, 0.2) is 42.5 Å². The van der Waals surface area contributed by atoms with Gasteiger partial charge in [-0.15, -0.1) is 0 Å². The highest BCUT2D eigenvalue weighted by molar-refractivity contribution is 5.79. The molecule has 0 radical (unpaired) electrons. The normalized spacial score (nSPS) is 10.2. The molecule has 0 saturated heterocycles. The predicted molar refractivity (Wildman–Crippen MR) is 85.8 cm³/mol. The molecule has 2 N–H and O–H groups in total. The van der Waals surface area contributed by atoms with Crippen molar-refractivity contribution >= 4 is 17.1 Å². The fourth-order valence-electron chi connectivity index (χ4n) is 2.08. The van der Waals surface area contributed by atoms with E-state index in [4.69, 9.17) is 15.7 Å². The van der Waals surface area contributed by atoms with E-state index in [1.54, 1.807) is 12.1 Å². The maximum absolute atomic E-state index is 8.85. The number of nitrogens with zero attached hydrogens (tertiary/aromatic N) is 2. The first kappa shape index (κ1) is 14.7. The zero-order valence-electron chi connectivity index (χ0n) is 12.5. The van der Waals surface area contributed by atoms with E-state index >= 15 is 0 Å². The van der Waals surface area contributed by atoms with Crippen molar-refractivity contribution in [2.75, 3.05) is 17.7 Å². The quantitative estimate of drug-likeness (QED) is 0.868. The number of hydrogen-bond acceptors (Lipinski definition) is 4. The summed E-state index contributed by atoms with van der Waals surface area (Å²) in [6, 6.07) is 15.2. The fraction of sp³-hybridized carbons (Fsp3) is 0.235. The minimum atomic E-state index is 0.0720. The third kappa shape index (κ3) is 3.26. The van der Waals surface area contributed by atoms with Crippen LogP contribution in [0.5, 0.6) is 5.75 Å². The summed E-state index contributed by atoms with van der Waals surface area (Å²) < 4.78 is 5.71. The topological polar surface area (TPSA) is 62.3 Å². The van der Waals surface area contributed by atoms with Crippen molar-refractivity contribution < 1.29 is 4.74 Å². The molecule has 4 nitrogen and oxygen atoms in total. The number of rotatable bonds is 4. The second-order valence-corrected chi connectivity index (χ2v) is 5.07. The highest BCUT2D eigenvalue weighted by Gasteiger charge is 2.12. The minimum absolute atomic E-state index is 0.0720. The molecule has 2 rings (SSSR count). The van der Waals surface area contributed by atoms with Crippen molar-refractivity contribution in [3.63, 3.8) is 0 Å². The van der Waals surface area contributed by atoms with Gasteiger partial charge in [-0.2, -0.15) is 5.26 Å². The summed E-state index contributed by atoms with van der Waals surface area (Å²) in [6.07, 6.45) is 0.0720. The molecule has 0 aromatic heterocycles. The molecule has 0 saturated carbocycles. The SMILES string of the molecule is CC(C)Oc1cccc(N(C)c2ccc(C#N)cc2)c1N. The Morgan fingerprint density at radius 1 is 1.14 bits per heavy atom. The third-order valence-corrected chi connectivity index (χ3v) is 3.15. The lowest BCUT2D eigenvalue weighted by Gasteiger charge is -2.23. The van der Waals surface area contributed by atoms with Crippen LogP contribution in [-0.4, -0.2) is 13.2 Å². The zero-order valence-corrected chi connectivity index (χ0v) is 12.5. The van der Waals surface area contributed by atoms with Crippen molar-refractivity contribution in [3.05, 3.63) is 48.0 Å². The van der Waals surface area contributed by atoms with Crippen molar-refractivity contribution in [1.82, 2.24) is 0 Å². The minimum Gasteiger partial charge on any atom is -0.489 e. The van der Waals surface area contributed by atoms with Gasteiger partial charge in [-0.05, 0) is 50.2 Å². The Kier molecular flexibility index (Phi) is 4.34. The summed E-state index contributed by atoms with van der Waals surface area (Å²) in [6.45, 7) is 3.94. The van der Waals surface area contributed by atoms with Crippen LogP contribution < -0.4 is 15.4 Å². The molecule has 21 heavy (non-hydrogen) atoms. The van der Waals surface area contributed by atoms with Gasteiger partial charge in [0, 0.05) is 12.7 Å². The van der Waals surface area contributed by atoms with Gasteiger partial charge in [-0.3, -0.25) is 0 Å². The molecule has 0 aliphatic rings. The third-order valence-electron chi connectivity index (χ3n) is 3.15. The number of para-hydroxylation sites is 1. The molecule has 0 unspecified atom stereocenters. The zero-order chi connectivity index (χ0) is 15.4. The standard InChI is InChI=1S/C17H19N3O/c1-12(2)21-16-6-4-5-15(17(16)19)20(3)14-9-7-13(11-18)8-10-14/h4-10,12H,19H2,1-3H3. The van der Waals surface area contributed by atoms with Gasteiger partial charge in [0.1, 0.15) is 5.75 Å². The molecule has 0 heterocycles. The number of benzene rings is 2. The summed E-state index contributed by atoms with van der Waals surface area (Å²) in [7, 11) is 1.94. The monoisotopic (exact) mass is 281 g/mol. The summed E-state index contributed by atoms with van der Waals surface area (Å²) in [5.41, 5.74) is 9.29. The van der Waals surface area contributed by atoms with Gasteiger partial charge in [0.25, 0.3) is 0 Å². The van der Waals surface area contributed by atoms with Crippen LogP contribution in [-0.2, 0) is 0 Å². The van der Waals surface area contributed by atoms with Gasteiger partial charge >= 0.3 is 0 Å². The Labute approximate surface area is 125 Å². The van der Waals surface area contributed by atoms with Gasteiger partial charge in [0.05, 0.1) is 29.1 Å². The van der Waals surface area contributed by atoms with Crippen molar-refractivity contribution in [2.24, 2.45) is 0 Å². The Bertz CT molecular complexity index is 657. The van der Waals surface area contributed by atoms with Gasteiger partial charge in [-0.1, -0.05) is 6.07 Å². The number of nitriles is 1. The molecule has 0 spiro atoms. The molecule has 2 aromatic carbocycles. The summed E-state index contributed by atoms with van der Waals surface area (Å²) in [5.74, 6) is 0.683. The average Bonchev–Trinajstić information content (AvgIpc) is 2.48. The second-order valence-electron chi connectivity index (χ2n) is 5.07. The maximum atomic E-state index is 8.85. The van der Waals surface area contributed by atoms with E-state index in [1.807, 2.05) is 56.1 Å². The largest absolute Gasteiger partial charge is 0.489 e. The van der Waals surface area contributed by atoms with E-state index in [2.05, 4.69) is 6.07 Å². The lowest BCUT2D eigenvalue weighted by molar-refractivity contribution is 0.244. The number of hydrogen-bond donors (Lipinski definition) is 1. The molecule has 2 aromatic rings. The molecular weight excluding hydrogens is 262 g/mol. The maximum Gasteiger partial charge on any atom is 0.144 e. The number of anilines is 3. The van der Waals surface area contributed by atoms with Crippen LogP contribution in [0, 0.1) is 11.3 Å². The van der Waals surface area contributed by atoms with Gasteiger partial charge < -0.3 is 15.4 Å². The molecule has 0 amide bonds. The molecule has 0 aliphatic carbocycles. The van der Waals surface area contributed by atoms with E-state index < -0.39 is 0 Å². The molecule has 0 aliphatic heterocycles. The lowest BCUT2D eigenvalue weighted by Crippen LogP contribution is -2.13. The van der Waals surface area contributed by atoms with Crippen LogP contribution in [0.4, 0.5) is 17.1 Å². The van der Waals surface area contributed by atoms with E-state index in [-0.39, 0.29) is 6.10 Å². The van der Waals surface area contributed by atoms with Crippen LogP contribution >= 0.6 is 0 Å². The Morgan fingerprint density at radius 3 is 2.38 bits per heavy atom. The predicted octanol–water partition coefficient (Wildman–Crippen LogP) is 3.70. The Morgan fingerprint density at radius 2 is 1.81 bits per heavy atom. The number of nitrogen functional groups attached to an aromatic ring is 1. The summed E-state index contributed by atoms with van der Waals surface area (Å²) in [5, 5.41) is 8.85. The fourth-order valence-corrected chi connectivity index (χ4v) is 2.08. The van der Waals surface area contributed by atoms with Crippen LogP contribution in [0.1, 0.15) is 19.4 Å². The molecule has 4 heteroatoms. The first-order valence-corrected chi connectivity index (χ1v) is 6.82.